The first-order chi connectivity index (χ1) is 8.20. The van der Waals surface area contributed by atoms with Crippen LogP contribution in [0.1, 0.15) is 10.4 Å². The minimum absolute atomic E-state index is 0.259. The fraction of sp³-hybridized carbons (Fsp3) is 0. The summed E-state index contributed by atoms with van der Waals surface area (Å²) in [5, 5.41) is 6.49. The number of aromatic nitrogens is 1. The molecule has 0 aliphatic heterocycles. The quantitative estimate of drug-likeness (QED) is 0.600. The second-order valence-electron chi connectivity index (χ2n) is 3.16. The van der Waals surface area contributed by atoms with Gasteiger partial charge in [0, 0.05) is 16.0 Å². The first-order valence-electron chi connectivity index (χ1n) is 4.66. The molecule has 5 nitrogen and oxygen atoms in total. The van der Waals surface area contributed by atoms with E-state index in [-0.39, 0.29) is 5.91 Å². The lowest BCUT2D eigenvalue weighted by Crippen LogP contribution is -2.18. The van der Waals surface area contributed by atoms with E-state index in [1.807, 2.05) is 16.8 Å². The molecule has 2 rings (SSSR count). The van der Waals surface area contributed by atoms with E-state index >= 15 is 0 Å². The van der Waals surface area contributed by atoms with Crippen LogP contribution in [0.4, 0.5) is 11.5 Å². The first kappa shape index (κ1) is 12.0. The number of hydrogen-bond acceptors (Lipinski definition) is 5. The van der Waals surface area contributed by atoms with Crippen molar-refractivity contribution in [1.82, 2.24) is 4.98 Å². The maximum absolute atomic E-state index is 12.0. The van der Waals surface area contributed by atoms with Crippen LogP contribution in [0.3, 0.4) is 0 Å². The zero-order chi connectivity index (χ0) is 12.3. The van der Waals surface area contributed by atoms with Crippen molar-refractivity contribution in [2.24, 2.45) is 5.84 Å². The maximum Gasteiger partial charge on any atom is 0.259 e. The van der Waals surface area contributed by atoms with E-state index in [4.69, 9.17) is 5.84 Å². The zero-order valence-electron chi connectivity index (χ0n) is 8.61. The van der Waals surface area contributed by atoms with Gasteiger partial charge >= 0.3 is 0 Å². The molecule has 7 heteroatoms. The topological polar surface area (TPSA) is 80.0 Å². The summed E-state index contributed by atoms with van der Waals surface area (Å²) in [4.78, 5) is 16.0. The van der Waals surface area contributed by atoms with E-state index in [9.17, 15) is 4.79 Å². The van der Waals surface area contributed by atoms with Gasteiger partial charge < -0.3 is 10.7 Å². The molecule has 0 unspecified atom stereocenters. The van der Waals surface area contributed by atoms with Crippen molar-refractivity contribution in [2.75, 3.05) is 10.7 Å². The Morgan fingerprint density at radius 3 is 3.00 bits per heavy atom. The molecule has 0 radical (unpaired) electrons. The normalized spacial score (nSPS) is 10.0. The fourth-order valence-corrected chi connectivity index (χ4v) is 2.18. The van der Waals surface area contributed by atoms with Gasteiger partial charge in [0.05, 0.1) is 11.3 Å². The van der Waals surface area contributed by atoms with Crippen molar-refractivity contribution in [3.8, 4) is 0 Å². The number of amides is 1. The Balaban J connectivity index is 2.26. The molecule has 4 N–H and O–H groups in total. The van der Waals surface area contributed by atoms with E-state index in [1.54, 1.807) is 12.3 Å². The molecule has 0 aromatic carbocycles. The van der Waals surface area contributed by atoms with Crippen LogP contribution < -0.4 is 16.6 Å². The highest BCUT2D eigenvalue weighted by Crippen LogP contribution is 2.19. The van der Waals surface area contributed by atoms with Crippen molar-refractivity contribution < 1.29 is 4.79 Å². The van der Waals surface area contributed by atoms with Gasteiger partial charge in [-0.25, -0.2) is 10.8 Å². The van der Waals surface area contributed by atoms with Gasteiger partial charge in [0.1, 0.15) is 0 Å². The Hall–Kier alpha value is -1.44. The van der Waals surface area contributed by atoms with Gasteiger partial charge in [-0.3, -0.25) is 4.79 Å². The second kappa shape index (κ2) is 5.26. The number of rotatable bonds is 3. The number of nitrogens with zero attached hydrogens (tertiary/aromatic N) is 1. The maximum atomic E-state index is 12.0. The Labute approximate surface area is 110 Å². The molecule has 0 aliphatic rings. The van der Waals surface area contributed by atoms with Gasteiger partial charge in [-0.2, -0.15) is 11.3 Å². The molecule has 0 saturated heterocycles. The minimum Gasteiger partial charge on any atom is -0.321 e. The van der Waals surface area contributed by atoms with Gasteiger partial charge in [0.25, 0.3) is 5.91 Å². The Morgan fingerprint density at radius 1 is 1.53 bits per heavy atom. The Bertz CT molecular complexity index is 529. The molecule has 0 saturated carbocycles. The zero-order valence-corrected chi connectivity index (χ0v) is 11.0. The summed E-state index contributed by atoms with van der Waals surface area (Å²) in [6.45, 7) is 0. The van der Waals surface area contributed by atoms with Crippen molar-refractivity contribution >= 4 is 44.7 Å². The minimum atomic E-state index is -0.259. The molecule has 0 aliphatic carbocycles. The monoisotopic (exact) mass is 312 g/mol. The average molecular weight is 313 g/mol. The van der Waals surface area contributed by atoms with Gasteiger partial charge in [-0.05, 0) is 33.4 Å². The summed E-state index contributed by atoms with van der Waals surface area (Å²) in [6, 6.07) is 3.48. The Morgan fingerprint density at radius 2 is 2.35 bits per heavy atom. The van der Waals surface area contributed by atoms with Gasteiger partial charge in [-0.15, -0.1) is 0 Å². The number of anilines is 2. The number of nitrogens with two attached hydrogens (primary N) is 1. The molecular weight excluding hydrogens is 304 g/mol. The summed E-state index contributed by atoms with van der Waals surface area (Å²) < 4.78 is 0.715. The second-order valence-corrected chi connectivity index (χ2v) is 4.86. The number of nitrogen functional groups attached to an aromatic ring is 1. The SMILES string of the molecule is NNc1ncc(Br)cc1C(=O)Nc1ccsc1. The van der Waals surface area contributed by atoms with Crippen molar-refractivity contribution in [1.29, 1.82) is 0 Å². The standard InChI is InChI=1S/C10H9BrN4OS/c11-6-3-8(9(15-12)13-4-6)10(16)14-7-1-2-17-5-7/h1-5H,12H2,(H,13,15)(H,14,16). The van der Waals surface area contributed by atoms with Crippen LogP contribution in [0, 0.1) is 0 Å². The smallest absolute Gasteiger partial charge is 0.259 e. The number of halogens is 1. The van der Waals surface area contributed by atoms with Crippen LogP contribution in [0.5, 0.6) is 0 Å². The number of carbonyl (C=O) groups is 1. The summed E-state index contributed by atoms with van der Waals surface area (Å²) in [7, 11) is 0. The number of nitrogens with one attached hydrogen (secondary N) is 2. The molecular formula is C10H9BrN4OS. The van der Waals surface area contributed by atoms with E-state index in [0.717, 1.165) is 5.69 Å². The molecule has 88 valence electrons. The molecule has 0 bridgehead atoms. The number of thiophene rings is 1. The molecule has 2 heterocycles. The predicted octanol–water partition coefficient (Wildman–Crippen LogP) is 2.44. The van der Waals surface area contributed by atoms with Crippen molar-refractivity contribution in [3.05, 3.63) is 39.1 Å². The van der Waals surface area contributed by atoms with Crippen LogP contribution in [-0.4, -0.2) is 10.9 Å². The molecule has 17 heavy (non-hydrogen) atoms. The van der Waals surface area contributed by atoms with Gasteiger partial charge in [0.2, 0.25) is 0 Å². The summed E-state index contributed by atoms with van der Waals surface area (Å²) in [5.41, 5.74) is 3.53. The third-order valence-corrected chi connectivity index (χ3v) is 3.13. The average Bonchev–Trinajstić information content (AvgIpc) is 2.81. The third kappa shape index (κ3) is 2.82. The summed E-state index contributed by atoms with van der Waals surface area (Å²) >= 11 is 4.77. The molecule has 1 amide bonds. The van der Waals surface area contributed by atoms with Crippen LogP contribution in [-0.2, 0) is 0 Å². The van der Waals surface area contributed by atoms with Gasteiger partial charge in [0.15, 0.2) is 5.82 Å². The fourth-order valence-electron chi connectivity index (χ4n) is 1.26. The van der Waals surface area contributed by atoms with Crippen LogP contribution in [0.25, 0.3) is 0 Å². The van der Waals surface area contributed by atoms with E-state index < -0.39 is 0 Å². The number of pyridine rings is 1. The van der Waals surface area contributed by atoms with Gasteiger partial charge in [-0.1, -0.05) is 0 Å². The number of hydrogen-bond donors (Lipinski definition) is 3. The molecule has 0 atom stereocenters. The molecule has 2 aromatic rings. The highest BCUT2D eigenvalue weighted by atomic mass is 79.9. The van der Waals surface area contributed by atoms with E-state index in [1.165, 1.54) is 11.3 Å². The molecule has 0 spiro atoms. The lowest BCUT2D eigenvalue weighted by Gasteiger charge is -2.08. The highest BCUT2D eigenvalue weighted by molar-refractivity contribution is 9.10. The predicted molar refractivity (Wildman–Crippen MR) is 72.0 cm³/mol. The van der Waals surface area contributed by atoms with Crippen LogP contribution >= 0.6 is 27.3 Å². The first-order valence-corrected chi connectivity index (χ1v) is 6.40. The van der Waals surface area contributed by atoms with E-state index in [2.05, 4.69) is 31.7 Å². The molecule has 2 aromatic heterocycles. The van der Waals surface area contributed by atoms with Crippen molar-refractivity contribution in [2.45, 2.75) is 0 Å². The number of hydrazine groups is 1. The Kier molecular flexibility index (Phi) is 3.72. The summed E-state index contributed by atoms with van der Waals surface area (Å²) in [5.74, 6) is 5.38. The third-order valence-electron chi connectivity index (χ3n) is 2.01. The van der Waals surface area contributed by atoms with E-state index in [0.29, 0.717) is 15.9 Å². The largest absolute Gasteiger partial charge is 0.321 e. The van der Waals surface area contributed by atoms with Crippen molar-refractivity contribution in [3.63, 3.8) is 0 Å². The lowest BCUT2D eigenvalue weighted by atomic mass is 10.2. The summed E-state index contributed by atoms with van der Waals surface area (Å²) in [6.07, 6.45) is 1.57. The molecule has 0 fully saturated rings. The number of carbonyl (C=O) groups excluding carboxylic acids is 1. The highest BCUT2D eigenvalue weighted by Gasteiger charge is 2.13. The van der Waals surface area contributed by atoms with Crippen LogP contribution in [0.15, 0.2) is 33.6 Å². The lowest BCUT2D eigenvalue weighted by molar-refractivity contribution is 0.102. The van der Waals surface area contributed by atoms with Crippen LogP contribution in [0.2, 0.25) is 0 Å².